The van der Waals surface area contributed by atoms with Crippen molar-refractivity contribution in [1.29, 1.82) is 0 Å². The molecule has 2 aromatic carbocycles. The van der Waals surface area contributed by atoms with Gasteiger partial charge in [-0.1, -0.05) is 0 Å². The Kier molecular flexibility index (Phi) is 6.11. The minimum absolute atomic E-state index is 0.122. The second-order valence-electron chi connectivity index (χ2n) is 7.58. The fourth-order valence-corrected chi connectivity index (χ4v) is 4.04. The van der Waals surface area contributed by atoms with Gasteiger partial charge in [-0.05, 0) is 67.6 Å². The third kappa shape index (κ3) is 4.50. The van der Waals surface area contributed by atoms with E-state index in [2.05, 4.69) is 15.2 Å². The summed E-state index contributed by atoms with van der Waals surface area (Å²) in [6, 6.07) is 15.3. The summed E-state index contributed by atoms with van der Waals surface area (Å²) >= 11 is 0. The first-order chi connectivity index (χ1) is 15.1. The fourth-order valence-electron chi connectivity index (χ4n) is 4.04. The fraction of sp³-hybridized carbons (Fsp3) is 0.333. The predicted molar refractivity (Wildman–Crippen MR) is 122 cm³/mol. The standard InChI is InChI=1S/C24H27N3O4/c1-3-31-20-11-6-16-13-17(23(28)26-21(16)14-20)15-25-18-7-9-19(10-8-18)27-12-4-5-22(27)24(29)30-2/h6-11,13-14,22,25H,3-5,12,15H2,1-2H3,(H,26,28). The van der Waals surface area contributed by atoms with E-state index in [4.69, 9.17) is 9.47 Å². The highest BCUT2D eigenvalue weighted by Gasteiger charge is 2.31. The molecule has 0 spiro atoms. The average Bonchev–Trinajstić information content (AvgIpc) is 3.28. The van der Waals surface area contributed by atoms with Crippen LogP contribution in [0, 0.1) is 0 Å². The van der Waals surface area contributed by atoms with E-state index in [1.807, 2.05) is 55.5 Å². The number of hydrogen-bond donors (Lipinski definition) is 2. The molecule has 1 aliphatic heterocycles. The zero-order valence-electron chi connectivity index (χ0n) is 17.8. The number of benzene rings is 2. The molecule has 4 rings (SSSR count). The lowest BCUT2D eigenvalue weighted by Gasteiger charge is -2.25. The molecule has 1 atom stereocenters. The summed E-state index contributed by atoms with van der Waals surface area (Å²) in [6.45, 7) is 3.75. The molecule has 0 amide bonds. The first kappa shape index (κ1) is 20.8. The van der Waals surface area contributed by atoms with Gasteiger partial charge in [0.15, 0.2) is 0 Å². The SMILES string of the molecule is CCOc1ccc2cc(CNc3ccc(N4CCCC4C(=O)OC)cc3)c(=O)[nH]c2c1. The van der Waals surface area contributed by atoms with Crippen LogP contribution in [0.3, 0.4) is 0 Å². The molecule has 0 bridgehead atoms. The number of fused-ring (bicyclic) bond motifs is 1. The van der Waals surface area contributed by atoms with E-state index < -0.39 is 0 Å². The number of aromatic nitrogens is 1. The van der Waals surface area contributed by atoms with Crippen LogP contribution in [0.2, 0.25) is 0 Å². The maximum atomic E-state index is 12.5. The van der Waals surface area contributed by atoms with Crippen molar-refractivity contribution in [2.24, 2.45) is 0 Å². The Morgan fingerprint density at radius 1 is 1.19 bits per heavy atom. The lowest BCUT2D eigenvalue weighted by Crippen LogP contribution is -2.36. The van der Waals surface area contributed by atoms with Crippen LogP contribution < -0.4 is 20.5 Å². The molecule has 3 aromatic rings. The van der Waals surface area contributed by atoms with Crippen molar-refractivity contribution < 1.29 is 14.3 Å². The van der Waals surface area contributed by atoms with Gasteiger partial charge in [0.1, 0.15) is 11.8 Å². The second-order valence-corrected chi connectivity index (χ2v) is 7.58. The van der Waals surface area contributed by atoms with Crippen LogP contribution >= 0.6 is 0 Å². The zero-order valence-corrected chi connectivity index (χ0v) is 17.8. The Morgan fingerprint density at radius 2 is 2.00 bits per heavy atom. The van der Waals surface area contributed by atoms with E-state index in [-0.39, 0.29) is 17.6 Å². The summed E-state index contributed by atoms with van der Waals surface area (Å²) in [5.74, 6) is 0.549. The highest BCUT2D eigenvalue weighted by atomic mass is 16.5. The Hall–Kier alpha value is -3.48. The predicted octanol–water partition coefficient (Wildman–Crippen LogP) is 3.68. The monoisotopic (exact) mass is 421 g/mol. The van der Waals surface area contributed by atoms with Gasteiger partial charge in [0.2, 0.25) is 0 Å². The van der Waals surface area contributed by atoms with E-state index in [9.17, 15) is 9.59 Å². The highest BCUT2D eigenvalue weighted by molar-refractivity contribution is 5.81. The molecule has 0 radical (unpaired) electrons. The first-order valence-corrected chi connectivity index (χ1v) is 10.6. The lowest BCUT2D eigenvalue weighted by molar-refractivity contribution is -0.141. The van der Waals surface area contributed by atoms with Crippen LogP contribution in [-0.2, 0) is 16.1 Å². The van der Waals surface area contributed by atoms with Crippen molar-refractivity contribution in [2.75, 3.05) is 30.5 Å². The van der Waals surface area contributed by atoms with E-state index in [0.29, 0.717) is 18.7 Å². The molecule has 7 heteroatoms. The Balaban J connectivity index is 1.45. The number of hydrogen-bond acceptors (Lipinski definition) is 6. The smallest absolute Gasteiger partial charge is 0.328 e. The van der Waals surface area contributed by atoms with E-state index >= 15 is 0 Å². The third-order valence-corrected chi connectivity index (χ3v) is 5.61. The van der Waals surface area contributed by atoms with Gasteiger partial charge in [0, 0.05) is 36.1 Å². The van der Waals surface area contributed by atoms with Crippen molar-refractivity contribution in [2.45, 2.75) is 32.4 Å². The van der Waals surface area contributed by atoms with E-state index in [1.165, 1.54) is 7.11 Å². The number of carbonyl (C=O) groups is 1. The normalized spacial score (nSPS) is 15.8. The Bertz CT molecular complexity index is 1120. The number of aromatic amines is 1. The van der Waals surface area contributed by atoms with Crippen molar-refractivity contribution in [3.05, 3.63) is 64.4 Å². The Morgan fingerprint density at radius 3 is 2.74 bits per heavy atom. The average molecular weight is 421 g/mol. The summed E-state index contributed by atoms with van der Waals surface area (Å²) in [5.41, 5.74) is 3.19. The van der Waals surface area contributed by atoms with Gasteiger partial charge in [0.25, 0.3) is 5.56 Å². The van der Waals surface area contributed by atoms with Gasteiger partial charge in [0.05, 0.1) is 19.2 Å². The maximum Gasteiger partial charge on any atom is 0.328 e. The number of esters is 1. The van der Waals surface area contributed by atoms with Crippen molar-refractivity contribution in [3.8, 4) is 5.75 Å². The molecule has 1 aromatic heterocycles. The van der Waals surface area contributed by atoms with Crippen LogP contribution in [0.25, 0.3) is 10.9 Å². The molecule has 2 heterocycles. The quantitative estimate of drug-likeness (QED) is 0.566. The summed E-state index contributed by atoms with van der Waals surface area (Å²) in [4.78, 5) is 29.5. The molecule has 2 N–H and O–H groups in total. The number of rotatable bonds is 7. The number of methoxy groups -OCH3 is 1. The van der Waals surface area contributed by atoms with Crippen molar-refractivity contribution in [3.63, 3.8) is 0 Å². The minimum atomic E-state index is -0.219. The summed E-state index contributed by atoms with van der Waals surface area (Å²) < 4.78 is 10.4. The van der Waals surface area contributed by atoms with Crippen LogP contribution in [0.4, 0.5) is 11.4 Å². The third-order valence-electron chi connectivity index (χ3n) is 5.61. The van der Waals surface area contributed by atoms with Gasteiger partial charge in [-0.2, -0.15) is 0 Å². The zero-order chi connectivity index (χ0) is 21.8. The van der Waals surface area contributed by atoms with Gasteiger partial charge in [-0.3, -0.25) is 4.79 Å². The number of pyridine rings is 1. The molecule has 0 aliphatic carbocycles. The number of nitrogens with one attached hydrogen (secondary N) is 2. The molecule has 0 saturated carbocycles. The van der Waals surface area contributed by atoms with E-state index in [0.717, 1.165) is 47.4 Å². The molecule has 31 heavy (non-hydrogen) atoms. The molecule has 7 nitrogen and oxygen atoms in total. The van der Waals surface area contributed by atoms with Gasteiger partial charge >= 0.3 is 5.97 Å². The molecule has 1 unspecified atom stereocenters. The number of carbonyl (C=O) groups excluding carboxylic acids is 1. The summed E-state index contributed by atoms with van der Waals surface area (Å²) in [5, 5.41) is 4.26. The first-order valence-electron chi connectivity index (χ1n) is 10.6. The maximum absolute atomic E-state index is 12.5. The molecule has 162 valence electrons. The van der Waals surface area contributed by atoms with Gasteiger partial charge in [-0.25, -0.2) is 4.79 Å². The minimum Gasteiger partial charge on any atom is -0.494 e. The van der Waals surface area contributed by atoms with Crippen LogP contribution in [-0.4, -0.2) is 37.3 Å². The van der Waals surface area contributed by atoms with E-state index in [1.54, 1.807) is 0 Å². The van der Waals surface area contributed by atoms with Crippen molar-refractivity contribution >= 4 is 28.2 Å². The number of nitrogens with zero attached hydrogens (tertiary/aromatic N) is 1. The molecular formula is C24H27N3O4. The van der Waals surface area contributed by atoms with Crippen LogP contribution in [0.5, 0.6) is 5.75 Å². The number of ether oxygens (including phenoxy) is 2. The van der Waals surface area contributed by atoms with Crippen molar-refractivity contribution in [1.82, 2.24) is 4.98 Å². The Labute approximate surface area is 181 Å². The molecule has 1 saturated heterocycles. The molecule has 1 aliphatic rings. The van der Waals surface area contributed by atoms with Crippen LogP contribution in [0.15, 0.2) is 53.3 Å². The number of H-pyrrole nitrogens is 1. The highest BCUT2D eigenvalue weighted by Crippen LogP contribution is 2.27. The summed E-state index contributed by atoms with van der Waals surface area (Å²) in [6.07, 6.45) is 1.78. The molecular weight excluding hydrogens is 394 g/mol. The number of anilines is 2. The van der Waals surface area contributed by atoms with Gasteiger partial charge in [-0.15, -0.1) is 0 Å². The second kappa shape index (κ2) is 9.12. The van der Waals surface area contributed by atoms with Gasteiger partial charge < -0.3 is 24.7 Å². The topological polar surface area (TPSA) is 83.7 Å². The molecule has 1 fully saturated rings. The van der Waals surface area contributed by atoms with Crippen LogP contribution in [0.1, 0.15) is 25.3 Å². The largest absolute Gasteiger partial charge is 0.494 e. The summed E-state index contributed by atoms with van der Waals surface area (Å²) in [7, 11) is 1.43. The lowest BCUT2D eigenvalue weighted by atomic mass is 10.1.